The van der Waals surface area contributed by atoms with Crippen LogP contribution in [-0.2, 0) is 0 Å². The SMILES string of the molecule is CC[C@@H](O)[C@@H](N)c1cccc(Br)c1O.Cl. The van der Waals surface area contributed by atoms with E-state index in [2.05, 4.69) is 15.9 Å². The van der Waals surface area contributed by atoms with E-state index in [0.717, 1.165) is 0 Å². The van der Waals surface area contributed by atoms with Crippen molar-refractivity contribution in [2.45, 2.75) is 25.5 Å². The number of hydrogen-bond donors (Lipinski definition) is 3. The molecule has 86 valence electrons. The van der Waals surface area contributed by atoms with Crippen molar-refractivity contribution in [1.29, 1.82) is 0 Å². The van der Waals surface area contributed by atoms with Crippen molar-refractivity contribution in [3.05, 3.63) is 28.2 Å². The summed E-state index contributed by atoms with van der Waals surface area (Å²) in [5.74, 6) is 0.104. The number of phenolic OH excluding ortho intramolecular Hbond substituents is 1. The number of phenols is 1. The van der Waals surface area contributed by atoms with Crippen LogP contribution in [-0.4, -0.2) is 16.3 Å². The maximum Gasteiger partial charge on any atom is 0.134 e. The van der Waals surface area contributed by atoms with Gasteiger partial charge in [-0.25, -0.2) is 0 Å². The summed E-state index contributed by atoms with van der Waals surface area (Å²) in [6.45, 7) is 1.85. The van der Waals surface area contributed by atoms with Crippen LogP contribution in [0.15, 0.2) is 22.7 Å². The molecule has 4 N–H and O–H groups in total. The number of hydrogen-bond acceptors (Lipinski definition) is 3. The van der Waals surface area contributed by atoms with E-state index in [9.17, 15) is 10.2 Å². The smallest absolute Gasteiger partial charge is 0.134 e. The Balaban J connectivity index is 0.00000196. The van der Waals surface area contributed by atoms with Gasteiger partial charge in [0, 0.05) is 5.56 Å². The Morgan fingerprint density at radius 3 is 2.60 bits per heavy atom. The van der Waals surface area contributed by atoms with E-state index in [1.54, 1.807) is 18.2 Å². The first kappa shape index (κ1) is 14.7. The molecule has 0 saturated carbocycles. The van der Waals surface area contributed by atoms with Gasteiger partial charge in [0.25, 0.3) is 0 Å². The lowest BCUT2D eigenvalue weighted by Crippen LogP contribution is -2.25. The molecule has 5 heteroatoms. The lowest BCUT2D eigenvalue weighted by molar-refractivity contribution is 0.139. The molecule has 0 aliphatic heterocycles. The van der Waals surface area contributed by atoms with Gasteiger partial charge in [0.2, 0.25) is 0 Å². The standard InChI is InChI=1S/C10H14BrNO2.ClH/c1-2-8(13)9(12)6-4-3-5-7(11)10(6)14;/h3-5,8-9,13-14H,2,12H2,1H3;1H/t8-,9+;/m1./s1. The molecule has 0 aliphatic rings. The summed E-state index contributed by atoms with van der Waals surface area (Å²) < 4.78 is 0.591. The van der Waals surface area contributed by atoms with Crippen LogP contribution in [0.3, 0.4) is 0 Å². The van der Waals surface area contributed by atoms with Crippen molar-refractivity contribution in [3.8, 4) is 5.75 Å². The minimum Gasteiger partial charge on any atom is -0.506 e. The molecule has 1 rings (SSSR count). The zero-order chi connectivity index (χ0) is 10.7. The predicted octanol–water partition coefficient (Wildman–Crippen LogP) is 2.35. The van der Waals surface area contributed by atoms with Gasteiger partial charge in [-0.05, 0) is 28.4 Å². The van der Waals surface area contributed by atoms with Crippen molar-refractivity contribution in [2.75, 3.05) is 0 Å². The number of aliphatic hydroxyl groups is 1. The van der Waals surface area contributed by atoms with Gasteiger partial charge in [0.05, 0.1) is 16.6 Å². The summed E-state index contributed by atoms with van der Waals surface area (Å²) in [6, 6.07) is 4.67. The molecule has 0 unspecified atom stereocenters. The van der Waals surface area contributed by atoms with E-state index in [1.165, 1.54) is 0 Å². The van der Waals surface area contributed by atoms with Gasteiger partial charge in [-0.2, -0.15) is 0 Å². The zero-order valence-corrected chi connectivity index (χ0v) is 10.8. The molecule has 0 heterocycles. The molecule has 0 aliphatic carbocycles. The van der Waals surface area contributed by atoms with Gasteiger partial charge in [-0.15, -0.1) is 12.4 Å². The van der Waals surface area contributed by atoms with Crippen molar-refractivity contribution in [2.24, 2.45) is 5.73 Å². The minimum atomic E-state index is -0.629. The lowest BCUT2D eigenvalue weighted by Gasteiger charge is -2.19. The second-order valence-electron chi connectivity index (χ2n) is 3.18. The monoisotopic (exact) mass is 295 g/mol. The second kappa shape index (κ2) is 6.33. The molecule has 0 spiro atoms. The van der Waals surface area contributed by atoms with Gasteiger partial charge >= 0.3 is 0 Å². The summed E-state index contributed by atoms with van der Waals surface area (Å²) in [7, 11) is 0. The Hall–Kier alpha value is -0.290. The molecule has 0 amide bonds. The van der Waals surface area contributed by atoms with E-state index in [0.29, 0.717) is 16.5 Å². The molecule has 0 bridgehead atoms. The first-order chi connectivity index (χ1) is 6.57. The number of halogens is 2. The van der Waals surface area contributed by atoms with Gasteiger partial charge in [0.1, 0.15) is 5.75 Å². The molecule has 1 aromatic rings. The zero-order valence-electron chi connectivity index (χ0n) is 8.35. The number of aliphatic hydroxyl groups excluding tert-OH is 1. The van der Waals surface area contributed by atoms with Crippen LogP contribution >= 0.6 is 28.3 Å². The maximum absolute atomic E-state index is 9.67. The van der Waals surface area contributed by atoms with Crippen LogP contribution in [0.25, 0.3) is 0 Å². The third-order valence-electron chi connectivity index (χ3n) is 2.21. The summed E-state index contributed by atoms with van der Waals surface area (Å²) in [4.78, 5) is 0. The summed E-state index contributed by atoms with van der Waals surface area (Å²) in [6.07, 6.45) is -0.0668. The van der Waals surface area contributed by atoms with Gasteiger partial charge in [-0.3, -0.25) is 0 Å². The van der Waals surface area contributed by atoms with Crippen LogP contribution in [0.1, 0.15) is 24.9 Å². The Morgan fingerprint density at radius 1 is 1.47 bits per heavy atom. The predicted molar refractivity (Wildman–Crippen MR) is 66.3 cm³/mol. The Bertz CT molecular complexity index is 322. The summed E-state index contributed by atoms with van der Waals surface area (Å²) in [5, 5.41) is 19.2. The third-order valence-corrected chi connectivity index (χ3v) is 2.85. The topological polar surface area (TPSA) is 66.5 Å². The van der Waals surface area contributed by atoms with Crippen LogP contribution in [0.4, 0.5) is 0 Å². The molecule has 0 radical (unpaired) electrons. The molecule has 2 atom stereocenters. The van der Waals surface area contributed by atoms with Crippen LogP contribution in [0, 0.1) is 0 Å². The van der Waals surface area contributed by atoms with Crippen LogP contribution in [0.2, 0.25) is 0 Å². The quantitative estimate of drug-likeness (QED) is 0.802. The second-order valence-corrected chi connectivity index (χ2v) is 4.03. The van der Waals surface area contributed by atoms with Gasteiger partial charge in [-0.1, -0.05) is 19.1 Å². The molecule has 0 fully saturated rings. The Kier molecular flexibility index (Phi) is 6.20. The normalized spacial score (nSPS) is 14.1. The van der Waals surface area contributed by atoms with Crippen LogP contribution < -0.4 is 5.73 Å². The van der Waals surface area contributed by atoms with E-state index in [1.807, 2.05) is 6.92 Å². The summed E-state index contributed by atoms with van der Waals surface area (Å²) >= 11 is 3.20. The average Bonchev–Trinajstić information content (AvgIpc) is 2.20. The largest absolute Gasteiger partial charge is 0.506 e. The average molecular weight is 297 g/mol. The number of benzene rings is 1. The van der Waals surface area contributed by atoms with Gasteiger partial charge in [0.15, 0.2) is 0 Å². The van der Waals surface area contributed by atoms with Crippen molar-refractivity contribution >= 4 is 28.3 Å². The van der Waals surface area contributed by atoms with E-state index in [-0.39, 0.29) is 18.2 Å². The number of aromatic hydroxyl groups is 1. The van der Waals surface area contributed by atoms with Gasteiger partial charge < -0.3 is 15.9 Å². The minimum absolute atomic E-state index is 0. The summed E-state index contributed by atoms with van der Waals surface area (Å²) in [5.41, 5.74) is 6.35. The van der Waals surface area contributed by atoms with E-state index >= 15 is 0 Å². The molecular weight excluding hydrogens is 281 g/mol. The highest BCUT2D eigenvalue weighted by molar-refractivity contribution is 9.10. The van der Waals surface area contributed by atoms with Crippen molar-refractivity contribution in [1.82, 2.24) is 0 Å². The Morgan fingerprint density at radius 2 is 2.07 bits per heavy atom. The highest BCUT2D eigenvalue weighted by atomic mass is 79.9. The Labute approximate surface area is 104 Å². The first-order valence-corrected chi connectivity index (χ1v) is 5.28. The fourth-order valence-corrected chi connectivity index (χ4v) is 1.64. The molecule has 15 heavy (non-hydrogen) atoms. The highest BCUT2D eigenvalue weighted by Gasteiger charge is 2.18. The lowest BCUT2D eigenvalue weighted by atomic mass is 10.00. The molecular formula is C10H15BrClNO2. The fourth-order valence-electron chi connectivity index (χ4n) is 1.26. The first-order valence-electron chi connectivity index (χ1n) is 4.49. The number of nitrogens with two attached hydrogens (primary N) is 1. The van der Waals surface area contributed by atoms with E-state index in [4.69, 9.17) is 5.73 Å². The van der Waals surface area contributed by atoms with E-state index < -0.39 is 12.1 Å². The molecule has 3 nitrogen and oxygen atoms in total. The fraction of sp³-hybridized carbons (Fsp3) is 0.400. The molecule has 0 saturated heterocycles. The van der Waals surface area contributed by atoms with Crippen LogP contribution in [0.5, 0.6) is 5.75 Å². The number of para-hydroxylation sites is 1. The molecule has 0 aromatic heterocycles. The molecule has 1 aromatic carbocycles. The van der Waals surface area contributed by atoms with Crippen molar-refractivity contribution < 1.29 is 10.2 Å². The number of rotatable bonds is 3. The third kappa shape index (κ3) is 3.34. The van der Waals surface area contributed by atoms with Crippen molar-refractivity contribution in [3.63, 3.8) is 0 Å². The highest BCUT2D eigenvalue weighted by Crippen LogP contribution is 2.32. The maximum atomic E-state index is 9.67.